The van der Waals surface area contributed by atoms with Crippen molar-refractivity contribution in [1.29, 1.82) is 0 Å². The van der Waals surface area contributed by atoms with Gasteiger partial charge in [-0.15, -0.1) is 0 Å². The lowest BCUT2D eigenvalue weighted by atomic mass is 10.1. The highest BCUT2D eigenvalue weighted by atomic mass is 19.4. The summed E-state index contributed by atoms with van der Waals surface area (Å²) in [5.41, 5.74) is 4.04. The first kappa shape index (κ1) is 14.8. The first-order valence-corrected chi connectivity index (χ1v) is 5.85. The predicted molar refractivity (Wildman–Crippen MR) is 63.2 cm³/mol. The van der Waals surface area contributed by atoms with Gasteiger partial charge in [0, 0.05) is 18.7 Å². The minimum absolute atomic E-state index is 0.0274. The molecule has 18 heavy (non-hydrogen) atoms. The molecule has 0 aromatic carbocycles. The number of nitrogens with zero attached hydrogens (tertiary/aromatic N) is 1. The summed E-state index contributed by atoms with van der Waals surface area (Å²) in [5.74, 6) is 0. The van der Waals surface area contributed by atoms with E-state index in [9.17, 15) is 18.0 Å². The number of rotatable bonds is 5. The molecule has 0 spiro atoms. The minimum Gasteiger partial charge on any atom is -0.328 e. The lowest BCUT2D eigenvalue weighted by molar-refractivity contribution is -0.144. The fourth-order valence-corrected chi connectivity index (χ4v) is 1.73. The third kappa shape index (κ3) is 4.18. The molecule has 1 atom stereocenters. The Morgan fingerprint density at radius 2 is 2.00 bits per heavy atom. The molecule has 0 bridgehead atoms. The normalized spacial score (nSPS) is 13.6. The van der Waals surface area contributed by atoms with Crippen molar-refractivity contribution in [2.75, 3.05) is 0 Å². The van der Waals surface area contributed by atoms with Gasteiger partial charge in [0.05, 0.1) is 0 Å². The second kappa shape index (κ2) is 6.04. The molecular weight excluding hydrogens is 245 g/mol. The minimum atomic E-state index is -4.50. The predicted octanol–water partition coefficient (Wildman–Crippen LogP) is 2.38. The van der Waals surface area contributed by atoms with Crippen LogP contribution in [-0.2, 0) is 12.7 Å². The molecule has 0 saturated heterocycles. The average molecular weight is 262 g/mol. The van der Waals surface area contributed by atoms with Gasteiger partial charge in [-0.05, 0) is 25.8 Å². The summed E-state index contributed by atoms with van der Waals surface area (Å²) in [6.07, 6.45) is -2.55. The van der Waals surface area contributed by atoms with Crippen molar-refractivity contribution in [1.82, 2.24) is 4.57 Å². The molecule has 6 heteroatoms. The third-order valence-electron chi connectivity index (χ3n) is 2.63. The zero-order chi connectivity index (χ0) is 13.8. The van der Waals surface area contributed by atoms with Crippen molar-refractivity contribution in [2.45, 2.75) is 44.9 Å². The second-order valence-corrected chi connectivity index (χ2v) is 4.37. The molecule has 0 aliphatic rings. The average Bonchev–Trinajstić information content (AvgIpc) is 2.24. The van der Waals surface area contributed by atoms with E-state index in [0.29, 0.717) is 12.8 Å². The smallest absolute Gasteiger partial charge is 0.328 e. The van der Waals surface area contributed by atoms with Crippen LogP contribution in [0, 0.1) is 0 Å². The molecule has 0 radical (unpaired) electrons. The third-order valence-corrected chi connectivity index (χ3v) is 2.63. The number of aromatic nitrogens is 1. The molecule has 0 amide bonds. The molecule has 0 aliphatic heterocycles. The molecule has 0 saturated carbocycles. The molecule has 102 valence electrons. The van der Waals surface area contributed by atoms with Crippen LogP contribution in [0.15, 0.2) is 23.0 Å². The highest BCUT2D eigenvalue weighted by molar-refractivity contribution is 5.10. The van der Waals surface area contributed by atoms with E-state index >= 15 is 0 Å². The highest BCUT2D eigenvalue weighted by Crippen LogP contribution is 2.28. The molecular formula is C12H17F3N2O. The first-order valence-electron chi connectivity index (χ1n) is 5.85. The molecule has 0 aliphatic carbocycles. The molecule has 1 heterocycles. The Morgan fingerprint density at radius 1 is 1.33 bits per heavy atom. The Labute approximate surface area is 103 Å². The Morgan fingerprint density at radius 3 is 2.56 bits per heavy atom. The maximum atomic E-state index is 12.7. The highest BCUT2D eigenvalue weighted by Gasteiger charge is 2.33. The monoisotopic (exact) mass is 262 g/mol. The Hall–Kier alpha value is -1.30. The lowest BCUT2D eigenvalue weighted by Gasteiger charge is -2.15. The van der Waals surface area contributed by atoms with Crippen LogP contribution in [-0.4, -0.2) is 10.6 Å². The molecule has 1 unspecified atom stereocenters. The summed E-state index contributed by atoms with van der Waals surface area (Å²) in [4.78, 5) is 11.5. The van der Waals surface area contributed by atoms with Crippen molar-refractivity contribution < 1.29 is 13.2 Å². The first-order chi connectivity index (χ1) is 8.32. The molecule has 0 fully saturated rings. The molecule has 2 N–H and O–H groups in total. The van der Waals surface area contributed by atoms with E-state index < -0.39 is 17.4 Å². The van der Waals surface area contributed by atoms with Crippen LogP contribution in [0.3, 0.4) is 0 Å². The summed E-state index contributed by atoms with van der Waals surface area (Å²) in [6.45, 7) is 1.91. The zero-order valence-corrected chi connectivity index (χ0v) is 10.2. The van der Waals surface area contributed by atoms with Gasteiger partial charge in [-0.2, -0.15) is 13.2 Å². The van der Waals surface area contributed by atoms with Gasteiger partial charge < -0.3 is 10.3 Å². The SMILES string of the molecule is CC(N)CCCCn1c(C(F)(F)F)cccc1=O. The molecule has 1 rings (SSSR count). The van der Waals surface area contributed by atoms with Gasteiger partial charge in [0.1, 0.15) is 5.69 Å². The summed E-state index contributed by atoms with van der Waals surface area (Å²) >= 11 is 0. The maximum absolute atomic E-state index is 12.7. The number of nitrogens with two attached hydrogens (primary N) is 1. The number of halogens is 3. The van der Waals surface area contributed by atoms with E-state index in [1.54, 1.807) is 0 Å². The van der Waals surface area contributed by atoms with Gasteiger partial charge in [-0.3, -0.25) is 4.79 Å². The van der Waals surface area contributed by atoms with E-state index in [-0.39, 0.29) is 12.6 Å². The van der Waals surface area contributed by atoms with E-state index in [0.717, 1.165) is 29.2 Å². The van der Waals surface area contributed by atoms with Gasteiger partial charge in [0.25, 0.3) is 5.56 Å². The number of hydrogen-bond acceptors (Lipinski definition) is 2. The Balaban J connectivity index is 2.78. The second-order valence-electron chi connectivity index (χ2n) is 4.37. The van der Waals surface area contributed by atoms with Gasteiger partial charge in [-0.1, -0.05) is 12.5 Å². The zero-order valence-electron chi connectivity index (χ0n) is 10.2. The lowest BCUT2D eigenvalue weighted by Crippen LogP contribution is -2.27. The number of hydrogen-bond donors (Lipinski definition) is 1. The van der Waals surface area contributed by atoms with Crippen molar-refractivity contribution in [2.24, 2.45) is 5.73 Å². The fraction of sp³-hybridized carbons (Fsp3) is 0.583. The van der Waals surface area contributed by atoms with Crippen LogP contribution >= 0.6 is 0 Å². The van der Waals surface area contributed by atoms with Crippen molar-refractivity contribution in [3.63, 3.8) is 0 Å². The summed E-state index contributed by atoms with van der Waals surface area (Å²) in [6, 6.07) is 3.22. The number of alkyl halides is 3. The molecule has 1 aromatic heterocycles. The summed E-state index contributed by atoms with van der Waals surface area (Å²) in [5, 5.41) is 0. The van der Waals surface area contributed by atoms with Gasteiger partial charge in [0.15, 0.2) is 0 Å². The van der Waals surface area contributed by atoms with Gasteiger partial charge in [0.2, 0.25) is 0 Å². The Bertz CT molecular complexity index is 438. The van der Waals surface area contributed by atoms with Gasteiger partial charge >= 0.3 is 6.18 Å². The van der Waals surface area contributed by atoms with Crippen molar-refractivity contribution in [3.05, 3.63) is 34.2 Å². The summed E-state index contributed by atoms with van der Waals surface area (Å²) in [7, 11) is 0. The largest absolute Gasteiger partial charge is 0.431 e. The maximum Gasteiger partial charge on any atom is 0.431 e. The fourth-order valence-electron chi connectivity index (χ4n) is 1.73. The van der Waals surface area contributed by atoms with Gasteiger partial charge in [-0.25, -0.2) is 0 Å². The number of unbranched alkanes of at least 4 members (excludes halogenated alkanes) is 1. The Kier molecular flexibility index (Phi) is 4.95. The molecule has 1 aromatic rings. The van der Waals surface area contributed by atoms with Crippen LogP contribution in [0.25, 0.3) is 0 Å². The van der Waals surface area contributed by atoms with Crippen molar-refractivity contribution >= 4 is 0 Å². The van der Waals surface area contributed by atoms with Crippen LogP contribution in [0.4, 0.5) is 13.2 Å². The summed E-state index contributed by atoms with van der Waals surface area (Å²) < 4.78 is 38.8. The van der Waals surface area contributed by atoms with Crippen LogP contribution in [0.5, 0.6) is 0 Å². The van der Waals surface area contributed by atoms with Crippen LogP contribution in [0.2, 0.25) is 0 Å². The molecule has 3 nitrogen and oxygen atoms in total. The van der Waals surface area contributed by atoms with Crippen LogP contribution in [0.1, 0.15) is 31.9 Å². The number of pyridine rings is 1. The van der Waals surface area contributed by atoms with E-state index in [1.165, 1.54) is 0 Å². The van der Waals surface area contributed by atoms with Crippen LogP contribution < -0.4 is 11.3 Å². The topological polar surface area (TPSA) is 48.0 Å². The van der Waals surface area contributed by atoms with E-state index in [1.807, 2.05) is 6.92 Å². The quantitative estimate of drug-likeness (QED) is 0.828. The standard InChI is InChI=1S/C12H17F3N2O/c1-9(16)5-2-3-8-17-10(12(13,14)15)6-4-7-11(17)18/h4,6-7,9H,2-3,5,8,16H2,1H3. The van der Waals surface area contributed by atoms with E-state index in [2.05, 4.69) is 0 Å². The van der Waals surface area contributed by atoms with E-state index in [4.69, 9.17) is 5.73 Å². The van der Waals surface area contributed by atoms with Crippen molar-refractivity contribution in [3.8, 4) is 0 Å².